The standard InChI is InChI=1S/C17H14N2O/c20-17-6-2-5-15-13(17)8-10-19(15)16-4-1-3-12-7-9-18-11-14(12)16/h1,3-4,7-11H,2,5-6H2. The second kappa shape index (κ2) is 4.30. The van der Waals surface area contributed by atoms with E-state index >= 15 is 0 Å². The Morgan fingerprint density at radius 1 is 1.10 bits per heavy atom. The number of fused-ring (bicyclic) bond motifs is 2. The largest absolute Gasteiger partial charge is 0.319 e. The van der Waals surface area contributed by atoms with Crippen molar-refractivity contribution in [2.24, 2.45) is 0 Å². The van der Waals surface area contributed by atoms with Crippen molar-refractivity contribution in [2.45, 2.75) is 19.3 Å². The first-order chi connectivity index (χ1) is 9.84. The lowest BCUT2D eigenvalue weighted by Gasteiger charge is -2.16. The minimum atomic E-state index is 0.267. The fourth-order valence-electron chi connectivity index (χ4n) is 3.06. The molecular weight excluding hydrogens is 248 g/mol. The Hall–Kier alpha value is -2.42. The fraction of sp³-hybridized carbons (Fsp3) is 0.176. The number of carbonyl (C=O) groups is 1. The van der Waals surface area contributed by atoms with E-state index in [0.29, 0.717) is 6.42 Å². The fourth-order valence-corrected chi connectivity index (χ4v) is 3.06. The van der Waals surface area contributed by atoms with Crippen molar-refractivity contribution >= 4 is 16.6 Å². The maximum absolute atomic E-state index is 12.0. The van der Waals surface area contributed by atoms with Crippen LogP contribution in [-0.4, -0.2) is 15.3 Å². The molecule has 1 aliphatic rings. The third kappa shape index (κ3) is 1.59. The summed E-state index contributed by atoms with van der Waals surface area (Å²) in [6, 6.07) is 10.2. The summed E-state index contributed by atoms with van der Waals surface area (Å²) in [6.07, 6.45) is 8.29. The molecule has 0 atom stereocenters. The van der Waals surface area contributed by atoms with Gasteiger partial charge in [-0.15, -0.1) is 0 Å². The Labute approximate surface area is 116 Å². The first-order valence-corrected chi connectivity index (χ1v) is 6.91. The van der Waals surface area contributed by atoms with Crippen molar-refractivity contribution in [3.8, 4) is 5.69 Å². The first kappa shape index (κ1) is 11.4. The quantitative estimate of drug-likeness (QED) is 0.672. The average Bonchev–Trinajstić information content (AvgIpc) is 2.92. The van der Waals surface area contributed by atoms with Crippen LogP contribution in [0, 0.1) is 0 Å². The van der Waals surface area contributed by atoms with Crippen molar-refractivity contribution in [1.29, 1.82) is 0 Å². The van der Waals surface area contributed by atoms with Gasteiger partial charge in [0.15, 0.2) is 5.78 Å². The number of hydrogen-bond donors (Lipinski definition) is 0. The Balaban J connectivity index is 1.99. The molecule has 4 rings (SSSR count). The van der Waals surface area contributed by atoms with E-state index in [-0.39, 0.29) is 5.78 Å². The van der Waals surface area contributed by atoms with Crippen molar-refractivity contribution in [2.75, 3.05) is 0 Å². The van der Waals surface area contributed by atoms with Gasteiger partial charge in [-0.05, 0) is 36.4 Å². The summed E-state index contributed by atoms with van der Waals surface area (Å²) in [5.74, 6) is 0.267. The third-order valence-corrected chi connectivity index (χ3v) is 4.03. The van der Waals surface area contributed by atoms with Gasteiger partial charge in [-0.1, -0.05) is 12.1 Å². The van der Waals surface area contributed by atoms with Gasteiger partial charge < -0.3 is 4.57 Å². The van der Waals surface area contributed by atoms with Crippen LogP contribution in [0.15, 0.2) is 48.9 Å². The van der Waals surface area contributed by atoms with Crippen LogP contribution in [0.5, 0.6) is 0 Å². The van der Waals surface area contributed by atoms with Crippen LogP contribution in [-0.2, 0) is 6.42 Å². The molecular formula is C17H14N2O. The summed E-state index contributed by atoms with van der Waals surface area (Å²) in [5.41, 5.74) is 3.13. The predicted molar refractivity (Wildman–Crippen MR) is 78.3 cm³/mol. The second-order valence-electron chi connectivity index (χ2n) is 5.20. The number of nitrogens with zero attached hydrogens (tertiary/aromatic N) is 2. The van der Waals surface area contributed by atoms with Crippen LogP contribution in [0.1, 0.15) is 28.9 Å². The molecule has 3 nitrogen and oxygen atoms in total. The number of hydrogen-bond acceptors (Lipinski definition) is 2. The van der Waals surface area contributed by atoms with Crippen LogP contribution in [0.4, 0.5) is 0 Å². The molecule has 0 amide bonds. The number of pyridine rings is 1. The van der Waals surface area contributed by atoms with Crippen molar-refractivity contribution < 1.29 is 4.79 Å². The second-order valence-corrected chi connectivity index (χ2v) is 5.20. The van der Waals surface area contributed by atoms with Crippen LogP contribution in [0.2, 0.25) is 0 Å². The highest BCUT2D eigenvalue weighted by molar-refractivity contribution is 5.99. The molecule has 98 valence electrons. The lowest BCUT2D eigenvalue weighted by Crippen LogP contribution is -2.12. The third-order valence-electron chi connectivity index (χ3n) is 4.03. The minimum Gasteiger partial charge on any atom is -0.319 e. The van der Waals surface area contributed by atoms with Gasteiger partial charge in [0.25, 0.3) is 0 Å². The molecule has 0 radical (unpaired) electrons. The Bertz CT molecular complexity index is 811. The van der Waals surface area contributed by atoms with Crippen molar-refractivity contribution in [3.63, 3.8) is 0 Å². The van der Waals surface area contributed by atoms with Gasteiger partial charge in [0.1, 0.15) is 0 Å². The van der Waals surface area contributed by atoms with E-state index in [1.54, 1.807) is 6.20 Å². The van der Waals surface area contributed by atoms with Gasteiger partial charge in [0.05, 0.1) is 5.69 Å². The van der Waals surface area contributed by atoms with Crippen LogP contribution < -0.4 is 0 Å². The summed E-state index contributed by atoms with van der Waals surface area (Å²) in [5, 5.41) is 2.29. The Morgan fingerprint density at radius 3 is 3.00 bits per heavy atom. The van der Waals surface area contributed by atoms with E-state index in [0.717, 1.165) is 35.2 Å². The Morgan fingerprint density at radius 2 is 2.05 bits per heavy atom. The smallest absolute Gasteiger partial charge is 0.164 e. The van der Waals surface area contributed by atoms with Crippen molar-refractivity contribution in [1.82, 2.24) is 9.55 Å². The summed E-state index contributed by atoms with van der Waals surface area (Å²) >= 11 is 0. The van der Waals surface area contributed by atoms with Gasteiger partial charge in [-0.25, -0.2) is 0 Å². The average molecular weight is 262 g/mol. The number of rotatable bonds is 1. The number of Topliss-reactive ketones (excluding diaryl/α,β-unsaturated/α-hetero) is 1. The lowest BCUT2D eigenvalue weighted by atomic mass is 9.96. The lowest BCUT2D eigenvalue weighted by molar-refractivity contribution is 0.0972. The molecule has 0 aliphatic heterocycles. The zero-order valence-corrected chi connectivity index (χ0v) is 11.0. The Kier molecular flexibility index (Phi) is 2.46. The van der Waals surface area contributed by atoms with E-state index in [1.165, 1.54) is 5.39 Å². The highest BCUT2D eigenvalue weighted by Crippen LogP contribution is 2.28. The maximum Gasteiger partial charge on any atom is 0.164 e. The molecule has 1 aliphatic carbocycles. The highest BCUT2D eigenvalue weighted by Gasteiger charge is 2.21. The van der Waals surface area contributed by atoms with E-state index in [4.69, 9.17) is 0 Å². The monoisotopic (exact) mass is 262 g/mol. The van der Waals surface area contributed by atoms with Crippen LogP contribution >= 0.6 is 0 Å². The van der Waals surface area contributed by atoms with Crippen LogP contribution in [0.25, 0.3) is 16.5 Å². The molecule has 0 fully saturated rings. The van der Waals surface area contributed by atoms with E-state index < -0.39 is 0 Å². The molecule has 0 spiro atoms. The first-order valence-electron chi connectivity index (χ1n) is 6.91. The van der Waals surface area contributed by atoms with Gasteiger partial charge in [0.2, 0.25) is 0 Å². The molecule has 3 aromatic rings. The molecule has 20 heavy (non-hydrogen) atoms. The summed E-state index contributed by atoms with van der Waals surface area (Å²) in [7, 11) is 0. The SMILES string of the molecule is O=C1CCCc2c1ccn2-c1cccc2ccncc12. The van der Waals surface area contributed by atoms with Gasteiger partial charge >= 0.3 is 0 Å². The molecule has 2 aromatic heterocycles. The van der Waals surface area contributed by atoms with Gasteiger partial charge in [0, 0.05) is 41.7 Å². The molecule has 0 bridgehead atoms. The highest BCUT2D eigenvalue weighted by atomic mass is 16.1. The van der Waals surface area contributed by atoms with Crippen LogP contribution in [0.3, 0.4) is 0 Å². The maximum atomic E-state index is 12.0. The number of ketones is 1. The van der Waals surface area contributed by atoms with E-state index in [1.807, 2.05) is 24.5 Å². The summed E-state index contributed by atoms with van der Waals surface area (Å²) in [4.78, 5) is 16.2. The summed E-state index contributed by atoms with van der Waals surface area (Å²) in [6.45, 7) is 0. The molecule has 2 heterocycles. The summed E-state index contributed by atoms with van der Waals surface area (Å²) < 4.78 is 2.15. The number of aromatic nitrogens is 2. The van der Waals surface area contributed by atoms with Crippen molar-refractivity contribution in [3.05, 3.63) is 60.2 Å². The zero-order valence-electron chi connectivity index (χ0n) is 11.0. The molecule has 0 N–H and O–H groups in total. The van der Waals surface area contributed by atoms with E-state index in [9.17, 15) is 4.79 Å². The van der Waals surface area contributed by atoms with Gasteiger partial charge in [-0.3, -0.25) is 9.78 Å². The molecule has 0 unspecified atom stereocenters. The van der Waals surface area contributed by atoms with Gasteiger partial charge in [-0.2, -0.15) is 0 Å². The zero-order chi connectivity index (χ0) is 13.5. The molecule has 0 saturated heterocycles. The van der Waals surface area contributed by atoms with E-state index in [2.05, 4.69) is 27.8 Å². The molecule has 1 aromatic carbocycles. The predicted octanol–water partition coefficient (Wildman–Crippen LogP) is 3.54. The molecule has 0 saturated carbocycles. The normalized spacial score (nSPS) is 14.5. The minimum absolute atomic E-state index is 0.267. The molecule has 3 heteroatoms. The number of benzene rings is 1. The topological polar surface area (TPSA) is 34.9 Å². The number of carbonyl (C=O) groups excluding carboxylic acids is 1.